The molecule has 2 fully saturated rings. The molecule has 1 N–H and O–H groups in total. The molecular formula is C21H25NO2. The lowest BCUT2D eigenvalue weighted by Crippen LogP contribution is -2.49. The van der Waals surface area contributed by atoms with Crippen molar-refractivity contribution in [2.24, 2.45) is 0 Å². The van der Waals surface area contributed by atoms with Crippen LogP contribution in [0.15, 0.2) is 54.6 Å². The Morgan fingerprint density at radius 3 is 2.42 bits per heavy atom. The zero-order chi connectivity index (χ0) is 16.6. The van der Waals surface area contributed by atoms with Crippen LogP contribution in [0, 0.1) is 0 Å². The van der Waals surface area contributed by atoms with E-state index in [2.05, 4.69) is 35.2 Å². The van der Waals surface area contributed by atoms with Crippen LogP contribution in [0.2, 0.25) is 0 Å². The number of benzene rings is 2. The first-order valence-corrected chi connectivity index (χ1v) is 8.84. The summed E-state index contributed by atoms with van der Waals surface area (Å²) < 4.78 is 5.34. The number of hydrogen-bond donors (Lipinski definition) is 1. The van der Waals surface area contributed by atoms with Crippen molar-refractivity contribution < 1.29 is 9.84 Å². The van der Waals surface area contributed by atoms with Crippen molar-refractivity contribution in [2.75, 3.05) is 7.11 Å². The molecule has 126 valence electrons. The number of rotatable bonds is 4. The molecule has 2 bridgehead atoms. The van der Waals surface area contributed by atoms with Crippen LogP contribution in [-0.2, 0) is 12.1 Å². The van der Waals surface area contributed by atoms with Gasteiger partial charge in [0.05, 0.1) is 12.7 Å². The van der Waals surface area contributed by atoms with E-state index in [1.54, 1.807) is 7.11 Å². The Hall–Kier alpha value is -1.84. The Labute approximate surface area is 143 Å². The van der Waals surface area contributed by atoms with E-state index >= 15 is 0 Å². The fourth-order valence-electron chi connectivity index (χ4n) is 4.52. The van der Waals surface area contributed by atoms with Crippen molar-refractivity contribution in [3.8, 4) is 5.75 Å². The fraction of sp³-hybridized carbons (Fsp3) is 0.429. The van der Waals surface area contributed by atoms with Gasteiger partial charge in [-0.2, -0.15) is 0 Å². The number of piperidine rings is 1. The molecule has 0 aromatic heterocycles. The lowest BCUT2D eigenvalue weighted by Gasteiger charge is -2.44. The van der Waals surface area contributed by atoms with E-state index < -0.39 is 5.60 Å². The topological polar surface area (TPSA) is 32.7 Å². The zero-order valence-corrected chi connectivity index (χ0v) is 14.2. The second-order valence-electron chi connectivity index (χ2n) is 7.21. The third-order valence-electron chi connectivity index (χ3n) is 5.73. The molecule has 1 unspecified atom stereocenters. The maximum Gasteiger partial charge on any atom is 0.119 e. The van der Waals surface area contributed by atoms with Crippen molar-refractivity contribution in [1.82, 2.24) is 4.90 Å². The first kappa shape index (κ1) is 15.7. The van der Waals surface area contributed by atoms with Crippen LogP contribution in [-0.4, -0.2) is 29.2 Å². The Morgan fingerprint density at radius 1 is 1.04 bits per heavy atom. The van der Waals surface area contributed by atoms with Crippen molar-refractivity contribution in [1.29, 1.82) is 0 Å². The average molecular weight is 323 g/mol. The highest BCUT2D eigenvalue weighted by atomic mass is 16.5. The number of fused-ring (bicyclic) bond motifs is 2. The van der Waals surface area contributed by atoms with Crippen molar-refractivity contribution in [3.63, 3.8) is 0 Å². The predicted molar refractivity (Wildman–Crippen MR) is 94.9 cm³/mol. The summed E-state index contributed by atoms with van der Waals surface area (Å²) >= 11 is 0. The van der Waals surface area contributed by atoms with E-state index in [0.29, 0.717) is 12.1 Å². The Kier molecular flexibility index (Phi) is 4.07. The number of methoxy groups -OCH3 is 1. The van der Waals surface area contributed by atoms with Crippen molar-refractivity contribution in [2.45, 2.75) is 49.9 Å². The van der Waals surface area contributed by atoms with Gasteiger partial charge in [0.1, 0.15) is 5.75 Å². The molecule has 3 heteroatoms. The van der Waals surface area contributed by atoms with Crippen LogP contribution in [0.1, 0.15) is 36.8 Å². The van der Waals surface area contributed by atoms with Crippen LogP contribution in [0.25, 0.3) is 0 Å². The summed E-state index contributed by atoms with van der Waals surface area (Å²) in [7, 11) is 1.68. The van der Waals surface area contributed by atoms with Gasteiger partial charge in [0.25, 0.3) is 0 Å². The molecule has 0 radical (unpaired) electrons. The van der Waals surface area contributed by atoms with Gasteiger partial charge in [-0.25, -0.2) is 0 Å². The smallest absolute Gasteiger partial charge is 0.119 e. The van der Waals surface area contributed by atoms with Crippen LogP contribution in [0.3, 0.4) is 0 Å². The minimum atomic E-state index is -0.729. The molecule has 2 aromatic carbocycles. The van der Waals surface area contributed by atoms with Gasteiger partial charge in [0.15, 0.2) is 0 Å². The number of nitrogens with zero attached hydrogens (tertiary/aromatic N) is 1. The molecule has 2 aliphatic rings. The van der Waals surface area contributed by atoms with Gasteiger partial charge in [-0.05, 0) is 48.9 Å². The number of ether oxygens (including phenoxy) is 1. The molecule has 0 aliphatic carbocycles. The zero-order valence-electron chi connectivity index (χ0n) is 14.2. The fourth-order valence-corrected chi connectivity index (χ4v) is 4.52. The van der Waals surface area contributed by atoms with E-state index in [-0.39, 0.29) is 0 Å². The minimum Gasteiger partial charge on any atom is -0.497 e. The van der Waals surface area contributed by atoms with Crippen LogP contribution < -0.4 is 4.74 Å². The first-order chi connectivity index (χ1) is 11.7. The lowest BCUT2D eigenvalue weighted by molar-refractivity contribution is -0.0596. The van der Waals surface area contributed by atoms with Gasteiger partial charge >= 0.3 is 0 Å². The molecule has 24 heavy (non-hydrogen) atoms. The Bertz CT molecular complexity index is 686. The van der Waals surface area contributed by atoms with Crippen molar-refractivity contribution in [3.05, 3.63) is 65.7 Å². The highest BCUT2D eigenvalue weighted by Gasteiger charge is 2.48. The first-order valence-electron chi connectivity index (χ1n) is 8.84. The van der Waals surface area contributed by atoms with Gasteiger partial charge in [-0.15, -0.1) is 0 Å². The SMILES string of the molecule is COc1cccc(C2(O)C[C@H]3CC[C@@H](C2)N3Cc2ccccc2)c1. The molecule has 2 aromatic rings. The van der Waals surface area contributed by atoms with Crippen molar-refractivity contribution >= 4 is 0 Å². The molecule has 2 aliphatic heterocycles. The second-order valence-corrected chi connectivity index (χ2v) is 7.21. The molecule has 3 nitrogen and oxygen atoms in total. The Balaban J connectivity index is 1.55. The highest BCUT2D eigenvalue weighted by molar-refractivity contribution is 5.33. The number of hydrogen-bond acceptors (Lipinski definition) is 3. The quantitative estimate of drug-likeness (QED) is 0.931. The summed E-state index contributed by atoms with van der Waals surface area (Å²) in [5.74, 6) is 0.819. The summed E-state index contributed by atoms with van der Waals surface area (Å²) in [5, 5.41) is 11.3. The van der Waals surface area contributed by atoms with E-state index in [1.807, 2.05) is 24.3 Å². The third-order valence-corrected chi connectivity index (χ3v) is 5.73. The molecule has 3 atom stereocenters. The molecule has 0 amide bonds. The molecule has 2 saturated heterocycles. The standard InChI is InChI=1S/C21H25NO2/c1-24-20-9-5-8-17(12-20)21(23)13-18-10-11-19(14-21)22(18)15-16-6-3-2-4-7-16/h2-9,12,18-19,23H,10-11,13-15H2,1H3/t18-,19+,21?. The van der Waals surface area contributed by atoms with E-state index in [9.17, 15) is 5.11 Å². The second kappa shape index (κ2) is 6.23. The maximum atomic E-state index is 11.3. The van der Waals surface area contributed by atoms with Gasteiger partial charge in [-0.3, -0.25) is 4.90 Å². The van der Waals surface area contributed by atoms with E-state index in [4.69, 9.17) is 4.74 Å². The molecular weight excluding hydrogens is 298 g/mol. The monoisotopic (exact) mass is 323 g/mol. The van der Waals surface area contributed by atoms with Gasteiger partial charge in [-0.1, -0.05) is 42.5 Å². The van der Waals surface area contributed by atoms with Gasteiger partial charge < -0.3 is 9.84 Å². The van der Waals surface area contributed by atoms with Crippen LogP contribution in [0.4, 0.5) is 0 Å². The van der Waals surface area contributed by atoms with E-state index in [0.717, 1.165) is 30.7 Å². The molecule has 2 heterocycles. The maximum absolute atomic E-state index is 11.3. The molecule has 4 rings (SSSR count). The summed E-state index contributed by atoms with van der Waals surface area (Å²) in [4.78, 5) is 2.60. The minimum absolute atomic E-state index is 0.458. The molecule has 0 saturated carbocycles. The normalized spacial score (nSPS) is 29.6. The van der Waals surface area contributed by atoms with Gasteiger partial charge in [0.2, 0.25) is 0 Å². The largest absolute Gasteiger partial charge is 0.497 e. The summed E-state index contributed by atoms with van der Waals surface area (Å²) in [6, 6.07) is 19.5. The summed E-state index contributed by atoms with van der Waals surface area (Å²) in [5.41, 5.74) is 1.63. The predicted octanol–water partition coefficient (Wildman–Crippen LogP) is 3.71. The van der Waals surface area contributed by atoms with E-state index in [1.165, 1.54) is 18.4 Å². The molecule has 0 spiro atoms. The summed E-state index contributed by atoms with van der Waals surface area (Å²) in [6.07, 6.45) is 3.99. The third kappa shape index (κ3) is 2.83. The average Bonchev–Trinajstić information content (AvgIpc) is 2.86. The Morgan fingerprint density at radius 2 is 1.75 bits per heavy atom. The summed E-state index contributed by atoms with van der Waals surface area (Å²) in [6.45, 7) is 0.990. The highest BCUT2D eigenvalue weighted by Crippen LogP contribution is 2.46. The van der Waals surface area contributed by atoms with Crippen LogP contribution >= 0.6 is 0 Å². The lowest BCUT2D eigenvalue weighted by atomic mass is 9.80. The number of aliphatic hydroxyl groups is 1. The van der Waals surface area contributed by atoms with Crippen LogP contribution in [0.5, 0.6) is 5.75 Å². The van der Waals surface area contributed by atoms with Gasteiger partial charge in [0, 0.05) is 18.6 Å².